The van der Waals surface area contributed by atoms with Gasteiger partial charge in [-0.15, -0.1) is 0 Å². The summed E-state index contributed by atoms with van der Waals surface area (Å²) >= 11 is 5.31. The zero-order valence-corrected chi connectivity index (χ0v) is 17.7. The Morgan fingerprint density at radius 1 is 1.00 bits per heavy atom. The van der Waals surface area contributed by atoms with Crippen molar-refractivity contribution in [3.05, 3.63) is 72.3 Å². The molecule has 1 amide bonds. The molecule has 0 atom stereocenters. The van der Waals surface area contributed by atoms with Crippen LogP contribution in [0.25, 0.3) is 22.6 Å². The first-order valence-electron chi connectivity index (χ1n) is 9.38. The number of hydrogen-bond donors (Lipinski definition) is 2. The molecule has 156 valence electrons. The van der Waals surface area contributed by atoms with Crippen molar-refractivity contribution >= 4 is 40.0 Å². The van der Waals surface area contributed by atoms with Crippen LogP contribution in [0.1, 0.15) is 10.4 Å². The number of benzene rings is 3. The van der Waals surface area contributed by atoms with E-state index in [1.54, 1.807) is 25.3 Å². The fourth-order valence-corrected chi connectivity index (χ4v) is 3.26. The lowest BCUT2D eigenvalue weighted by molar-refractivity contribution is 0.0974. The van der Waals surface area contributed by atoms with E-state index in [2.05, 4.69) is 15.6 Å². The van der Waals surface area contributed by atoms with Crippen LogP contribution in [0.2, 0.25) is 0 Å². The number of methoxy groups -OCH3 is 2. The van der Waals surface area contributed by atoms with Gasteiger partial charge in [0.2, 0.25) is 5.89 Å². The highest BCUT2D eigenvalue weighted by Crippen LogP contribution is 2.26. The number of ether oxygens (including phenoxy) is 2. The van der Waals surface area contributed by atoms with Gasteiger partial charge in [-0.2, -0.15) is 0 Å². The Bertz CT molecular complexity index is 1240. The molecule has 0 saturated heterocycles. The zero-order valence-electron chi connectivity index (χ0n) is 16.8. The van der Waals surface area contributed by atoms with Gasteiger partial charge in [0.05, 0.1) is 19.8 Å². The molecule has 31 heavy (non-hydrogen) atoms. The van der Waals surface area contributed by atoms with E-state index in [9.17, 15) is 4.79 Å². The Kier molecular flexibility index (Phi) is 5.81. The number of thiocarbonyl (C=S) groups is 1. The minimum atomic E-state index is -0.396. The van der Waals surface area contributed by atoms with E-state index in [0.717, 1.165) is 11.1 Å². The van der Waals surface area contributed by atoms with Crippen molar-refractivity contribution in [1.82, 2.24) is 10.3 Å². The van der Waals surface area contributed by atoms with Crippen molar-refractivity contribution in [2.75, 3.05) is 19.5 Å². The lowest BCUT2D eigenvalue weighted by atomic mass is 10.1. The number of nitrogens with one attached hydrogen (secondary N) is 2. The zero-order chi connectivity index (χ0) is 21.8. The maximum absolute atomic E-state index is 12.6. The summed E-state index contributed by atoms with van der Waals surface area (Å²) in [6.45, 7) is 0. The Morgan fingerprint density at radius 3 is 2.61 bits per heavy atom. The van der Waals surface area contributed by atoms with Gasteiger partial charge in [0.25, 0.3) is 5.91 Å². The lowest BCUT2D eigenvalue weighted by Crippen LogP contribution is -2.34. The summed E-state index contributed by atoms with van der Waals surface area (Å²) in [6, 6.07) is 19.9. The standard InChI is InChI=1S/C23H19N3O4S/c1-28-16-10-11-17(20(13-16)29-2)21(27)26-23(31)24-15-7-5-6-14(12-15)22-25-18-8-3-4-9-19(18)30-22/h3-13H,1-2H3,(H2,24,26,27,31). The third-order valence-electron chi connectivity index (χ3n) is 4.54. The monoisotopic (exact) mass is 433 g/mol. The molecule has 2 N–H and O–H groups in total. The van der Waals surface area contributed by atoms with E-state index < -0.39 is 5.91 Å². The summed E-state index contributed by atoms with van der Waals surface area (Å²) in [7, 11) is 3.03. The third kappa shape index (κ3) is 4.49. The number of hydrogen-bond acceptors (Lipinski definition) is 6. The van der Waals surface area contributed by atoms with Gasteiger partial charge in [-0.3, -0.25) is 10.1 Å². The van der Waals surface area contributed by atoms with Crippen LogP contribution in [0.4, 0.5) is 5.69 Å². The van der Waals surface area contributed by atoms with Crippen molar-refractivity contribution in [3.63, 3.8) is 0 Å². The molecular weight excluding hydrogens is 414 g/mol. The van der Waals surface area contributed by atoms with E-state index in [-0.39, 0.29) is 5.11 Å². The highest BCUT2D eigenvalue weighted by Gasteiger charge is 2.15. The molecule has 1 heterocycles. The van der Waals surface area contributed by atoms with Gasteiger partial charge in [-0.25, -0.2) is 4.98 Å². The fourth-order valence-electron chi connectivity index (χ4n) is 3.04. The molecule has 0 saturated carbocycles. The molecule has 8 heteroatoms. The molecule has 0 aliphatic rings. The van der Waals surface area contributed by atoms with Crippen molar-refractivity contribution in [3.8, 4) is 23.0 Å². The lowest BCUT2D eigenvalue weighted by Gasteiger charge is -2.13. The van der Waals surface area contributed by atoms with Crippen LogP contribution in [0.15, 0.2) is 71.1 Å². The average Bonchev–Trinajstić information content (AvgIpc) is 3.23. The predicted molar refractivity (Wildman–Crippen MR) is 123 cm³/mol. The van der Waals surface area contributed by atoms with Gasteiger partial charge in [0, 0.05) is 17.3 Å². The SMILES string of the molecule is COc1ccc(C(=O)NC(=S)Nc2cccc(-c3nc4ccccc4o3)c2)c(OC)c1. The third-order valence-corrected chi connectivity index (χ3v) is 4.75. The number of para-hydroxylation sites is 2. The Balaban J connectivity index is 1.48. The summed E-state index contributed by atoms with van der Waals surface area (Å²) < 4.78 is 16.2. The van der Waals surface area contributed by atoms with Gasteiger partial charge in [0.15, 0.2) is 10.7 Å². The van der Waals surface area contributed by atoms with E-state index in [1.165, 1.54) is 7.11 Å². The summed E-state index contributed by atoms with van der Waals surface area (Å²) in [4.78, 5) is 17.1. The molecule has 4 rings (SSSR count). The number of aromatic nitrogens is 1. The maximum atomic E-state index is 12.6. The minimum Gasteiger partial charge on any atom is -0.497 e. The molecular formula is C23H19N3O4S. The summed E-state index contributed by atoms with van der Waals surface area (Å²) in [5.41, 5.74) is 3.31. The molecule has 7 nitrogen and oxygen atoms in total. The number of rotatable bonds is 5. The smallest absolute Gasteiger partial charge is 0.261 e. The van der Waals surface area contributed by atoms with Crippen LogP contribution in [0.3, 0.4) is 0 Å². The molecule has 3 aromatic carbocycles. The van der Waals surface area contributed by atoms with Gasteiger partial charge in [-0.05, 0) is 54.7 Å². The second kappa shape index (κ2) is 8.85. The van der Waals surface area contributed by atoms with Gasteiger partial charge in [-0.1, -0.05) is 18.2 Å². The second-order valence-corrected chi connectivity index (χ2v) is 6.95. The predicted octanol–water partition coefficient (Wildman–Crippen LogP) is 4.64. The van der Waals surface area contributed by atoms with Crippen molar-refractivity contribution < 1.29 is 18.7 Å². The number of anilines is 1. The maximum Gasteiger partial charge on any atom is 0.261 e. The quantitative estimate of drug-likeness (QED) is 0.444. The van der Waals surface area contributed by atoms with Gasteiger partial charge < -0.3 is 19.2 Å². The number of carbonyl (C=O) groups is 1. The number of oxazole rings is 1. The van der Waals surface area contributed by atoms with Crippen molar-refractivity contribution in [1.29, 1.82) is 0 Å². The first kappa shape index (κ1) is 20.4. The number of fused-ring (bicyclic) bond motifs is 1. The Labute approximate surface area is 184 Å². The van der Waals surface area contributed by atoms with Crippen molar-refractivity contribution in [2.45, 2.75) is 0 Å². The molecule has 1 aromatic heterocycles. The molecule has 0 radical (unpaired) electrons. The number of nitrogens with zero attached hydrogens (tertiary/aromatic N) is 1. The topological polar surface area (TPSA) is 85.6 Å². The van der Waals surface area contributed by atoms with Crippen LogP contribution < -0.4 is 20.1 Å². The molecule has 0 aliphatic heterocycles. The average molecular weight is 433 g/mol. The Hall–Kier alpha value is -3.91. The number of amides is 1. The second-order valence-electron chi connectivity index (χ2n) is 6.54. The molecule has 0 aliphatic carbocycles. The summed E-state index contributed by atoms with van der Waals surface area (Å²) in [5, 5.41) is 5.82. The minimum absolute atomic E-state index is 0.151. The molecule has 0 bridgehead atoms. The fraction of sp³-hybridized carbons (Fsp3) is 0.0870. The van der Waals surface area contributed by atoms with Crippen molar-refractivity contribution in [2.24, 2.45) is 0 Å². The van der Waals surface area contributed by atoms with Gasteiger partial charge in [0.1, 0.15) is 17.0 Å². The van der Waals surface area contributed by atoms with E-state index in [4.69, 9.17) is 26.1 Å². The summed E-state index contributed by atoms with van der Waals surface area (Å²) in [6.07, 6.45) is 0. The van der Waals surface area contributed by atoms with E-state index >= 15 is 0 Å². The largest absolute Gasteiger partial charge is 0.497 e. The molecule has 0 unspecified atom stereocenters. The van der Waals surface area contributed by atoms with Gasteiger partial charge >= 0.3 is 0 Å². The van der Waals surface area contributed by atoms with Crippen LogP contribution >= 0.6 is 12.2 Å². The van der Waals surface area contributed by atoms with E-state index in [0.29, 0.717) is 34.2 Å². The molecule has 0 spiro atoms. The van der Waals surface area contributed by atoms with Crippen LogP contribution in [-0.4, -0.2) is 30.2 Å². The number of carbonyl (C=O) groups excluding carboxylic acids is 1. The van der Waals surface area contributed by atoms with Crippen LogP contribution in [0.5, 0.6) is 11.5 Å². The Morgan fingerprint density at radius 2 is 1.84 bits per heavy atom. The highest BCUT2D eigenvalue weighted by molar-refractivity contribution is 7.80. The highest BCUT2D eigenvalue weighted by atomic mass is 32.1. The molecule has 0 fully saturated rings. The van der Waals surface area contributed by atoms with E-state index in [1.807, 2.05) is 48.5 Å². The van der Waals surface area contributed by atoms with Crippen LogP contribution in [-0.2, 0) is 0 Å². The molecule has 4 aromatic rings. The summed E-state index contributed by atoms with van der Waals surface area (Å²) in [5.74, 6) is 1.08. The normalized spacial score (nSPS) is 10.5. The first-order valence-corrected chi connectivity index (χ1v) is 9.78. The first-order chi connectivity index (χ1) is 15.1. The van der Waals surface area contributed by atoms with Crippen LogP contribution in [0, 0.1) is 0 Å².